The van der Waals surface area contributed by atoms with Crippen molar-refractivity contribution in [2.75, 3.05) is 11.9 Å². The number of ether oxygens (including phenoxy) is 1. The van der Waals surface area contributed by atoms with Crippen molar-refractivity contribution in [2.24, 2.45) is 16.6 Å². The molecule has 4 heteroatoms. The van der Waals surface area contributed by atoms with Gasteiger partial charge in [-0.1, -0.05) is 43.7 Å². The number of rotatable bonds is 6. The van der Waals surface area contributed by atoms with E-state index in [0.29, 0.717) is 18.4 Å². The van der Waals surface area contributed by atoms with Crippen molar-refractivity contribution in [1.82, 2.24) is 0 Å². The van der Waals surface area contributed by atoms with Crippen LogP contribution < -0.4 is 15.8 Å². The largest absolute Gasteiger partial charge is 0.493 e. The van der Waals surface area contributed by atoms with Crippen LogP contribution in [0.1, 0.15) is 25.0 Å². The molecular formula is C19H25N3O. The topological polar surface area (TPSA) is 59.6 Å². The minimum atomic E-state index is 0.411. The molecule has 0 aromatic heterocycles. The summed E-state index contributed by atoms with van der Waals surface area (Å²) in [5.74, 6) is 1.82. The maximum Gasteiger partial charge on any atom is 0.193 e. The number of nitrogens with two attached hydrogens (primary N) is 1. The number of nitrogens with one attached hydrogen (secondary N) is 1. The van der Waals surface area contributed by atoms with Crippen LogP contribution in [0.25, 0.3) is 0 Å². The Morgan fingerprint density at radius 3 is 2.35 bits per heavy atom. The summed E-state index contributed by atoms with van der Waals surface area (Å²) in [5.41, 5.74) is 9.16. The lowest BCUT2D eigenvalue weighted by Gasteiger charge is -2.09. The monoisotopic (exact) mass is 311 g/mol. The summed E-state index contributed by atoms with van der Waals surface area (Å²) in [6.45, 7) is 7.58. The van der Waals surface area contributed by atoms with Crippen molar-refractivity contribution < 1.29 is 4.74 Å². The molecule has 0 radical (unpaired) electrons. The molecule has 0 aliphatic carbocycles. The molecule has 4 nitrogen and oxygen atoms in total. The lowest BCUT2D eigenvalue weighted by molar-refractivity contribution is 0.271. The Hall–Kier alpha value is -2.49. The predicted octanol–water partition coefficient (Wildman–Crippen LogP) is 3.96. The van der Waals surface area contributed by atoms with Gasteiger partial charge in [0.2, 0.25) is 0 Å². The van der Waals surface area contributed by atoms with E-state index in [2.05, 4.69) is 31.1 Å². The molecule has 23 heavy (non-hydrogen) atoms. The average Bonchev–Trinajstić information content (AvgIpc) is 2.54. The fraction of sp³-hybridized carbons (Fsp3) is 0.316. The first kappa shape index (κ1) is 16.9. The van der Waals surface area contributed by atoms with Gasteiger partial charge in [0.05, 0.1) is 13.2 Å². The van der Waals surface area contributed by atoms with Gasteiger partial charge in [0.25, 0.3) is 0 Å². The van der Waals surface area contributed by atoms with Crippen LogP contribution in [0.4, 0.5) is 5.69 Å². The molecule has 0 atom stereocenters. The first-order valence-corrected chi connectivity index (χ1v) is 7.88. The standard InChI is InChI=1S/C19H25N3O/c1-14(2)13-23-18-10-6-16(7-11-18)12-21-19(20)22-17-8-4-15(3)5-9-17/h4-11,14H,12-13H2,1-3H3,(H3,20,21,22). The third-order valence-electron chi connectivity index (χ3n) is 3.26. The molecule has 2 aromatic carbocycles. The second kappa shape index (κ2) is 8.22. The van der Waals surface area contributed by atoms with E-state index in [-0.39, 0.29) is 0 Å². The van der Waals surface area contributed by atoms with Crippen molar-refractivity contribution in [2.45, 2.75) is 27.3 Å². The van der Waals surface area contributed by atoms with Crippen molar-refractivity contribution in [3.8, 4) is 5.75 Å². The van der Waals surface area contributed by atoms with Crippen LogP contribution in [0.3, 0.4) is 0 Å². The number of aliphatic imine (C=N–C) groups is 1. The summed E-state index contributed by atoms with van der Waals surface area (Å²) in [7, 11) is 0. The summed E-state index contributed by atoms with van der Waals surface area (Å²) >= 11 is 0. The molecule has 0 aliphatic heterocycles. The highest BCUT2D eigenvalue weighted by molar-refractivity contribution is 5.92. The van der Waals surface area contributed by atoms with Crippen LogP contribution in [0.5, 0.6) is 5.75 Å². The van der Waals surface area contributed by atoms with Gasteiger partial charge in [0.1, 0.15) is 5.75 Å². The highest BCUT2D eigenvalue weighted by atomic mass is 16.5. The minimum Gasteiger partial charge on any atom is -0.493 e. The van der Waals surface area contributed by atoms with Gasteiger partial charge < -0.3 is 15.8 Å². The van der Waals surface area contributed by atoms with Crippen LogP contribution in [-0.4, -0.2) is 12.6 Å². The lowest BCUT2D eigenvalue weighted by atomic mass is 10.2. The summed E-state index contributed by atoms with van der Waals surface area (Å²) in [5, 5.41) is 3.09. The van der Waals surface area contributed by atoms with Gasteiger partial charge in [-0.15, -0.1) is 0 Å². The third kappa shape index (κ3) is 6.02. The summed E-state index contributed by atoms with van der Waals surface area (Å²) in [6, 6.07) is 16.0. The zero-order chi connectivity index (χ0) is 16.7. The Kier molecular flexibility index (Phi) is 6.03. The van der Waals surface area contributed by atoms with Gasteiger partial charge in [-0.2, -0.15) is 0 Å². The van der Waals surface area contributed by atoms with E-state index >= 15 is 0 Å². The zero-order valence-corrected chi connectivity index (χ0v) is 14.0. The van der Waals surface area contributed by atoms with Crippen molar-refractivity contribution in [1.29, 1.82) is 0 Å². The maximum atomic E-state index is 5.92. The Labute approximate surface area is 138 Å². The second-order valence-corrected chi connectivity index (χ2v) is 6.04. The SMILES string of the molecule is Cc1ccc(NC(N)=NCc2ccc(OCC(C)C)cc2)cc1. The highest BCUT2D eigenvalue weighted by Crippen LogP contribution is 2.14. The number of aryl methyl sites for hydroxylation is 1. The molecule has 0 saturated carbocycles. The molecule has 122 valence electrons. The van der Waals surface area contributed by atoms with Crippen LogP contribution in [-0.2, 0) is 6.54 Å². The van der Waals surface area contributed by atoms with Gasteiger partial charge in [0, 0.05) is 5.69 Å². The maximum absolute atomic E-state index is 5.92. The molecule has 2 rings (SSSR count). The number of hydrogen-bond donors (Lipinski definition) is 2. The minimum absolute atomic E-state index is 0.411. The third-order valence-corrected chi connectivity index (χ3v) is 3.26. The van der Waals surface area contributed by atoms with Gasteiger partial charge in [-0.25, -0.2) is 4.99 Å². The van der Waals surface area contributed by atoms with Gasteiger partial charge in [0.15, 0.2) is 5.96 Å². The summed E-state index contributed by atoms with van der Waals surface area (Å²) in [6.07, 6.45) is 0. The van der Waals surface area contributed by atoms with Crippen molar-refractivity contribution >= 4 is 11.6 Å². The highest BCUT2D eigenvalue weighted by Gasteiger charge is 1.99. The Balaban J connectivity index is 1.87. The molecule has 0 aliphatic rings. The lowest BCUT2D eigenvalue weighted by Crippen LogP contribution is -2.22. The van der Waals surface area contributed by atoms with Crippen molar-refractivity contribution in [3.05, 3.63) is 59.7 Å². The fourth-order valence-electron chi connectivity index (χ4n) is 1.95. The Bertz CT molecular complexity index is 631. The molecule has 0 saturated heterocycles. The molecule has 0 spiro atoms. The van der Waals surface area contributed by atoms with Gasteiger partial charge >= 0.3 is 0 Å². The van der Waals surface area contributed by atoms with E-state index in [4.69, 9.17) is 10.5 Å². The van der Waals surface area contributed by atoms with Crippen LogP contribution in [0.15, 0.2) is 53.5 Å². The number of nitrogens with zero attached hydrogens (tertiary/aromatic N) is 1. The first-order chi connectivity index (χ1) is 11.0. The molecular weight excluding hydrogens is 286 g/mol. The fourth-order valence-corrected chi connectivity index (χ4v) is 1.95. The molecule has 0 bridgehead atoms. The van der Waals surface area contributed by atoms with E-state index in [1.807, 2.05) is 48.5 Å². The zero-order valence-electron chi connectivity index (χ0n) is 14.0. The molecule has 0 unspecified atom stereocenters. The molecule has 0 amide bonds. The Morgan fingerprint density at radius 2 is 1.74 bits per heavy atom. The van der Waals surface area contributed by atoms with E-state index in [1.54, 1.807) is 0 Å². The van der Waals surface area contributed by atoms with E-state index < -0.39 is 0 Å². The molecule has 0 fully saturated rings. The molecule has 2 aromatic rings. The average molecular weight is 311 g/mol. The van der Waals surface area contributed by atoms with Crippen LogP contribution in [0.2, 0.25) is 0 Å². The number of benzene rings is 2. The first-order valence-electron chi connectivity index (χ1n) is 7.88. The van der Waals surface area contributed by atoms with E-state index in [9.17, 15) is 0 Å². The predicted molar refractivity (Wildman–Crippen MR) is 96.9 cm³/mol. The molecule has 0 heterocycles. The second-order valence-electron chi connectivity index (χ2n) is 6.04. The van der Waals surface area contributed by atoms with Crippen LogP contribution in [0, 0.1) is 12.8 Å². The normalized spacial score (nSPS) is 11.6. The number of anilines is 1. The number of hydrogen-bond acceptors (Lipinski definition) is 2. The quantitative estimate of drug-likeness (QED) is 0.627. The van der Waals surface area contributed by atoms with Crippen molar-refractivity contribution in [3.63, 3.8) is 0 Å². The molecule has 3 N–H and O–H groups in total. The summed E-state index contributed by atoms with van der Waals surface area (Å²) < 4.78 is 5.66. The Morgan fingerprint density at radius 1 is 1.09 bits per heavy atom. The summed E-state index contributed by atoms with van der Waals surface area (Å²) in [4.78, 5) is 4.36. The smallest absolute Gasteiger partial charge is 0.193 e. The van der Waals surface area contributed by atoms with E-state index in [0.717, 1.165) is 23.6 Å². The van der Waals surface area contributed by atoms with Gasteiger partial charge in [-0.3, -0.25) is 0 Å². The van der Waals surface area contributed by atoms with Crippen LogP contribution >= 0.6 is 0 Å². The van der Waals surface area contributed by atoms with Gasteiger partial charge in [-0.05, 0) is 42.7 Å². The van der Waals surface area contributed by atoms with E-state index in [1.165, 1.54) is 5.56 Å². The number of guanidine groups is 1.